The molecule has 1 aliphatic heterocycles. The van der Waals surface area contributed by atoms with Crippen LogP contribution in [0.1, 0.15) is 5.56 Å². The number of nitrogens with zero attached hydrogens (tertiary/aromatic N) is 2. The zero-order valence-electron chi connectivity index (χ0n) is 11.0. The van der Waals surface area contributed by atoms with Gasteiger partial charge in [-0.1, -0.05) is 17.7 Å². The fraction of sp³-hybridized carbons (Fsp3) is 0.286. The summed E-state index contributed by atoms with van der Waals surface area (Å²) < 4.78 is 0. The maximum Gasteiger partial charge on any atom is 0.328 e. The molecular weight excluding hydrogens is 280 g/mol. The maximum atomic E-state index is 11.8. The average Bonchev–Trinajstić information content (AvgIpc) is 2.40. The lowest BCUT2D eigenvalue weighted by Gasteiger charge is -2.34. The van der Waals surface area contributed by atoms with E-state index in [2.05, 4.69) is 0 Å². The molecule has 1 fully saturated rings. The minimum Gasteiger partial charge on any atom is -0.478 e. The molecule has 106 valence electrons. The highest BCUT2D eigenvalue weighted by molar-refractivity contribution is 6.31. The second kappa shape index (κ2) is 5.96. The van der Waals surface area contributed by atoms with E-state index >= 15 is 0 Å². The summed E-state index contributed by atoms with van der Waals surface area (Å²) in [4.78, 5) is 26.0. The van der Waals surface area contributed by atoms with Gasteiger partial charge in [0.2, 0.25) is 5.91 Å². The van der Waals surface area contributed by atoms with Gasteiger partial charge < -0.3 is 14.9 Å². The van der Waals surface area contributed by atoms with Crippen molar-refractivity contribution in [1.29, 1.82) is 0 Å². The number of carboxylic acid groups (broad SMARTS) is 1. The van der Waals surface area contributed by atoms with Crippen LogP contribution in [0.2, 0.25) is 5.02 Å². The van der Waals surface area contributed by atoms with Crippen LogP contribution in [0, 0.1) is 0 Å². The quantitative estimate of drug-likeness (QED) is 0.862. The number of aliphatic carboxylic acids is 1. The van der Waals surface area contributed by atoms with Gasteiger partial charge in [-0.2, -0.15) is 0 Å². The van der Waals surface area contributed by atoms with Crippen molar-refractivity contribution in [3.05, 3.63) is 34.9 Å². The lowest BCUT2D eigenvalue weighted by molar-refractivity contribution is -0.131. The minimum atomic E-state index is -1.01. The van der Waals surface area contributed by atoms with Crippen molar-refractivity contribution < 1.29 is 14.7 Å². The molecule has 2 rings (SSSR count). The van der Waals surface area contributed by atoms with Crippen molar-refractivity contribution in [1.82, 2.24) is 4.90 Å². The molecule has 0 aliphatic carbocycles. The molecule has 0 radical (unpaired) electrons. The summed E-state index contributed by atoms with van der Waals surface area (Å²) in [6.45, 7) is 1.59. The van der Waals surface area contributed by atoms with Crippen LogP contribution in [0.5, 0.6) is 0 Å². The molecule has 1 aromatic rings. The lowest BCUT2D eigenvalue weighted by Crippen LogP contribution is -2.48. The number of rotatable bonds is 3. The molecule has 5 nitrogen and oxygen atoms in total. The molecule has 0 atom stereocenters. The van der Waals surface area contributed by atoms with Gasteiger partial charge in [-0.05, 0) is 23.8 Å². The van der Waals surface area contributed by atoms with Crippen LogP contribution < -0.4 is 4.90 Å². The number of carboxylic acids is 1. The number of halogens is 1. The topological polar surface area (TPSA) is 60.9 Å². The second-order valence-electron chi connectivity index (χ2n) is 4.61. The number of carbonyl (C=O) groups is 2. The van der Waals surface area contributed by atoms with Crippen LogP contribution in [0.25, 0.3) is 6.08 Å². The zero-order chi connectivity index (χ0) is 14.7. The number of carbonyl (C=O) groups excluding carboxylic acids is 1. The Labute approximate surface area is 122 Å². The van der Waals surface area contributed by atoms with Gasteiger partial charge >= 0.3 is 5.97 Å². The highest BCUT2D eigenvalue weighted by Gasteiger charge is 2.22. The SMILES string of the molecule is CN1CCN(c2cc(Cl)ccc2/C=C/C(=O)O)CC1=O. The van der Waals surface area contributed by atoms with Crippen LogP contribution in [0.4, 0.5) is 5.69 Å². The van der Waals surface area contributed by atoms with E-state index in [1.54, 1.807) is 30.1 Å². The molecule has 1 aromatic carbocycles. The van der Waals surface area contributed by atoms with Crippen LogP contribution >= 0.6 is 11.6 Å². The van der Waals surface area contributed by atoms with Crippen LogP contribution in [-0.2, 0) is 9.59 Å². The smallest absolute Gasteiger partial charge is 0.328 e. The number of benzene rings is 1. The summed E-state index contributed by atoms with van der Waals surface area (Å²) in [5.41, 5.74) is 1.51. The third-order valence-electron chi connectivity index (χ3n) is 3.20. The molecule has 1 saturated heterocycles. The van der Waals surface area contributed by atoms with E-state index in [1.807, 2.05) is 4.90 Å². The van der Waals surface area contributed by atoms with Crippen molar-refractivity contribution in [2.45, 2.75) is 0 Å². The Morgan fingerprint density at radius 2 is 2.15 bits per heavy atom. The van der Waals surface area contributed by atoms with Crippen LogP contribution in [0.3, 0.4) is 0 Å². The second-order valence-corrected chi connectivity index (χ2v) is 5.05. The predicted molar refractivity (Wildman–Crippen MR) is 78.0 cm³/mol. The van der Waals surface area contributed by atoms with E-state index in [0.717, 1.165) is 17.3 Å². The minimum absolute atomic E-state index is 0.0318. The van der Waals surface area contributed by atoms with Crippen molar-refractivity contribution in [3.63, 3.8) is 0 Å². The van der Waals surface area contributed by atoms with E-state index in [-0.39, 0.29) is 12.5 Å². The average molecular weight is 295 g/mol. The largest absolute Gasteiger partial charge is 0.478 e. The normalized spacial score (nSPS) is 16.0. The molecule has 1 aliphatic rings. The van der Waals surface area contributed by atoms with E-state index in [0.29, 0.717) is 18.1 Å². The molecule has 0 unspecified atom stereocenters. The number of piperazine rings is 1. The standard InChI is InChI=1S/C14H15ClN2O3/c1-16-6-7-17(9-13(16)18)12-8-11(15)4-2-10(12)3-5-14(19)20/h2-5,8H,6-7,9H2,1H3,(H,19,20)/b5-3+. The Kier molecular flexibility index (Phi) is 4.29. The fourth-order valence-electron chi connectivity index (χ4n) is 2.06. The molecular formula is C14H15ClN2O3. The lowest BCUT2D eigenvalue weighted by atomic mass is 10.1. The highest BCUT2D eigenvalue weighted by atomic mass is 35.5. The number of hydrogen-bond acceptors (Lipinski definition) is 3. The first kappa shape index (κ1) is 14.4. The first-order chi connectivity index (χ1) is 9.47. The summed E-state index contributed by atoms with van der Waals surface area (Å²) in [6, 6.07) is 5.20. The molecule has 0 spiro atoms. The van der Waals surface area contributed by atoms with E-state index in [9.17, 15) is 9.59 Å². The Hall–Kier alpha value is -2.01. The zero-order valence-corrected chi connectivity index (χ0v) is 11.8. The Morgan fingerprint density at radius 3 is 2.80 bits per heavy atom. The number of amides is 1. The fourth-order valence-corrected chi connectivity index (χ4v) is 2.22. The molecule has 20 heavy (non-hydrogen) atoms. The van der Waals surface area contributed by atoms with Gasteiger partial charge in [0.05, 0.1) is 6.54 Å². The Balaban J connectivity index is 2.32. The monoisotopic (exact) mass is 294 g/mol. The Bertz CT molecular complexity index is 572. The first-order valence-electron chi connectivity index (χ1n) is 6.17. The third-order valence-corrected chi connectivity index (χ3v) is 3.43. The molecule has 1 amide bonds. The molecule has 1 heterocycles. The molecule has 0 bridgehead atoms. The van der Waals surface area contributed by atoms with Gasteiger partial charge in [0.15, 0.2) is 0 Å². The van der Waals surface area contributed by atoms with Gasteiger partial charge in [-0.3, -0.25) is 4.79 Å². The van der Waals surface area contributed by atoms with Gasteiger partial charge in [0, 0.05) is 36.9 Å². The maximum absolute atomic E-state index is 11.8. The van der Waals surface area contributed by atoms with Crippen LogP contribution in [-0.4, -0.2) is 48.6 Å². The summed E-state index contributed by atoms with van der Waals surface area (Å²) in [5, 5.41) is 9.27. The highest BCUT2D eigenvalue weighted by Crippen LogP contribution is 2.27. The van der Waals surface area contributed by atoms with Gasteiger partial charge in [0.1, 0.15) is 0 Å². The van der Waals surface area contributed by atoms with E-state index in [1.165, 1.54) is 6.08 Å². The van der Waals surface area contributed by atoms with Crippen molar-refractivity contribution in [2.24, 2.45) is 0 Å². The van der Waals surface area contributed by atoms with E-state index in [4.69, 9.17) is 16.7 Å². The molecule has 1 N–H and O–H groups in total. The first-order valence-corrected chi connectivity index (χ1v) is 6.54. The Morgan fingerprint density at radius 1 is 1.40 bits per heavy atom. The van der Waals surface area contributed by atoms with Crippen LogP contribution in [0.15, 0.2) is 24.3 Å². The number of likely N-dealkylation sites (N-methyl/N-ethyl adjacent to an activating group) is 1. The predicted octanol–water partition coefficient (Wildman–Crippen LogP) is 1.72. The molecule has 0 saturated carbocycles. The summed E-state index contributed by atoms with van der Waals surface area (Å²) >= 11 is 6.00. The summed E-state index contributed by atoms with van der Waals surface area (Å²) in [6.07, 6.45) is 2.58. The summed E-state index contributed by atoms with van der Waals surface area (Å²) in [7, 11) is 1.77. The van der Waals surface area contributed by atoms with Gasteiger partial charge in [-0.25, -0.2) is 4.79 Å². The van der Waals surface area contributed by atoms with Gasteiger partial charge in [-0.15, -0.1) is 0 Å². The summed E-state index contributed by atoms with van der Waals surface area (Å²) in [5.74, 6) is -0.982. The van der Waals surface area contributed by atoms with Crippen molar-refractivity contribution >= 4 is 35.2 Å². The molecule has 0 aromatic heterocycles. The van der Waals surface area contributed by atoms with Gasteiger partial charge in [0.25, 0.3) is 0 Å². The van der Waals surface area contributed by atoms with E-state index < -0.39 is 5.97 Å². The van der Waals surface area contributed by atoms with Crippen molar-refractivity contribution in [3.8, 4) is 0 Å². The number of hydrogen-bond donors (Lipinski definition) is 1. The molecule has 6 heteroatoms. The third kappa shape index (κ3) is 3.30. The van der Waals surface area contributed by atoms with Crippen molar-refractivity contribution in [2.75, 3.05) is 31.6 Å². The number of anilines is 1.